The molecule has 1 aliphatic rings. The minimum atomic E-state index is -2.88. The van der Waals surface area contributed by atoms with Gasteiger partial charge in [0.15, 0.2) is 0 Å². The molecule has 23 heavy (non-hydrogen) atoms. The molecule has 1 unspecified atom stereocenters. The van der Waals surface area contributed by atoms with Crippen LogP contribution in [0.5, 0.6) is 0 Å². The lowest BCUT2D eigenvalue weighted by Crippen LogP contribution is -2.44. The highest BCUT2D eigenvalue weighted by Gasteiger charge is 2.43. The van der Waals surface area contributed by atoms with Gasteiger partial charge < -0.3 is 10.2 Å². The van der Waals surface area contributed by atoms with E-state index in [1.165, 1.54) is 7.05 Å². The highest BCUT2D eigenvalue weighted by molar-refractivity contribution is 9.10. The number of likely N-dealkylation sites (N-methyl/N-ethyl adjacent to an activating group) is 1. The second-order valence-corrected chi connectivity index (χ2v) is 6.07. The van der Waals surface area contributed by atoms with Crippen LogP contribution < -0.4 is 10.6 Å². The first-order chi connectivity index (χ1) is 10.3. The summed E-state index contributed by atoms with van der Waals surface area (Å²) < 4.78 is 26.9. The number of rotatable bonds is 4. The van der Waals surface area contributed by atoms with Crippen LogP contribution >= 0.6 is 28.3 Å². The lowest BCUT2D eigenvalue weighted by atomic mass is 10.1. The summed E-state index contributed by atoms with van der Waals surface area (Å²) in [5.74, 6) is -3.79. The molecule has 1 aromatic rings. The van der Waals surface area contributed by atoms with Gasteiger partial charge in [-0.05, 0) is 28.1 Å². The Balaban J connectivity index is 0.00000264. The zero-order valence-electron chi connectivity index (χ0n) is 12.3. The number of para-hydroxylation sites is 1. The first kappa shape index (κ1) is 19.8. The van der Waals surface area contributed by atoms with Crippen LogP contribution in [0.15, 0.2) is 28.7 Å². The van der Waals surface area contributed by atoms with Gasteiger partial charge in [-0.25, -0.2) is 8.78 Å². The van der Waals surface area contributed by atoms with Gasteiger partial charge in [0, 0.05) is 17.9 Å². The zero-order valence-corrected chi connectivity index (χ0v) is 14.7. The molecule has 1 heterocycles. The topological polar surface area (TPSA) is 61.4 Å². The summed E-state index contributed by atoms with van der Waals surface area (Å²) >= 11 is 3.30. The third-order valence-electron chi connectivity index (χ3n) is 3.31. The quantitative estimate of drug-likeness (QED) is 0.797. The van der Waals surface area contributed by atoms with E-state index in [2.05, 4.69) is 26.6 Å². The summed E-state index contributed by atoms with van der Waals surface area (Å²) in [6.45, 7) is -0.718. The molecule has 0 spiro atoms. The third kappa shape index (κ3) is 5.40. The Bertz CT molecular complexity index is 589. The van der Waals surface area contributed by atoms with Gasteiger partial charge in [0.1, 0.15) is 0 Å². The Morgan fingerprint density at radius 3 is 2.65 bits per heavy atom. The Hall–Kier alpha value is -1.25. The molecular formula is C14H17BrClF2N3O2. The van der Waals surface area contributed by atoms with E-state index in [4.69, 9.17) is 0 Å². The second kappa shape index (κ2) is 8.03. The molecule has 1 fully saturated rings. The molecule has 0 aromatic heterocycles. The molecule has 0 radical (unpaired) electrons. The average Bonchev–Trinajstić information content (AvgIpc) is 2.80. The van der Waals surface area contributed by atoms with Gasteiger partial charge in [-0.2, -0.15) is 0 Å². The fraction of sp³-hybridized carbons (Fsp3) is 0.429. The standard InChI is InChI=1S/C14H16BrF2N3O2.ClH/c1-20(13(22)11-6-14(16,17)8-18-11)7-12(21)19-10-5-3-2-4-9(10)15;/h2-5,11,18H,6-8H2,1H3,(H,19,21);1H. The Kier molecular flexibility index (Phi) is 6.91. The minimum Gasteiger partial charge on any atom is -0.335 e. The molecule has 1 aromatic carbocycles. The van der Waals surface area contributed by atoms with E-state index in [1.54, 1.807) is 24.3 Å². The van der Waals surface area contributed by atoms with Crippen LogP contribution in [0.2, 0.25) is 0 Å². The number of halogens is 4. The van der Waals surface area contributed by atoms with Crippen molar-refractivity contribution in [1.29, 1.82) is 0 Å². The number of anilines is 1. The van der Waals surface area contributed by atoms with Gasteiger partial charge >= 0.3 is 0 Å². The maximum Gasteiger partial charge on any atom is 0.262 e. The highest BCUT2D eigenvalue weighted by Crippen LogP contribution is 2.26. The van der Waals surface area contributed by atoms with E-state index in [0.29, 0.717) is 5.69 Å². The molecule has 0 saturated carbocycles. The zero-order chi connectivity index (χ0) is 16.3. The highest BCUT2D eigenvalue weighted by atomic mass is 79.9. The SMILES string of the molecule is CN(CC(=O)Nc1ccccc1Br)C(=O)C1CC(F)(F)CN1.Cl. The summed E-state index contributed by atoms with van der Waals surface area (Å²) in [7, 11) is 1.42. The fourth-order valence-corrected chi connectivity index (χ4v) is 2.59. The monoisotopic (exact) mass is 411 g/mol. The second-order valence-electron chi connectivity index (χ2n) is 5.22. The summed E-state index contributed by atoms with van der Waals surface area (Å²) in [5, 5.41) is 5.13. The number of amides is 2. The van der Waals surface area contributed by atoms with Crippen molar-refractivity contribution in [2.24, 2.45) is 0 Å². The average molecular weight is 413 g/mol. The molecule has 9 heteroatoms. The van der Waals surface area contributed by atoms with Crippen LogP contribution in [0, 0.1) is 0 Å². The van der Waals surface area contributed by atoms with Crippen molar-refractivity contribution in [3.8, 4) is 0 Å². The van der Waals surface area contributed by atoms with E-state index in [9.17, 15) is 18.4 Å². The van der Waals surface area contributed by atoms with E-state index in [0.717, 1.165) is 9.37 Å². The summed E-state index contributed by atoms with van der Waals surface area (Å²) in [6.07, 6.45) is -0.540. The van der Waals surface area contributed by atoms with Crippen LogP contribution in [-0.2, 0) is 9.59 Å². The molecular weight excluding hydrogens is 396 g/mol. The lowest BCUT2D eigenvalue weighted by Gasteiger charge is -2.20. The molecule has 2 amide bonds. The van der Waals surface area contributed by atoms with Gasteiger partial charge in [0.2, 0.25) is 11.8 Å². The van der Waals surface area contributed by atoms with Crippen LogP contribution in [-0.4, -0.2) is 48.8 Å². The van der Waals surface area contributed by atoms with Crippen molar-refractivity contribution in [1.82, 2.24) is 10.2 Å². The van der Waals surface area contributed by atoms with E-state index in [-0.39, 0.29) is 19.0 Å². The minimum absolute atomic E-state index is 0. The molecule has 1 aliphatic heterocycles. The molecule has 0 aliphatic carbocycles. The predicted octanol–water partition coefficient (Wildman–Crippen LogP) is 2.27. The van der Waals surface area contributed by atoms with Crippen LogP contribution in [0.1, 0.15) is 6.42 Å². The molecule has 2 rings (SSSR count). The molecule has 128 valence electrons. The first-order valence-electron chi connectivity index (χ1n) is 6.69. The smallest absolute Gasteiger partial charge is 0.262 e. The van der Waals surface area contributed by atoms with Crippen molar-refractivity contribution in [2.45, 2.75) is 18.4 Å². The van der Waals surface area contributed by atoms with Crippen molar-refractivity contribution < 1.29 is 18.4 Å². The summed E-state index contributed by atoms with van der Waals surface area (Å²) in [6, 6.07) is 6.11. The normalized spacial score (nSPS) is 18.9. The van der Waals surface area contributed by atoms with Gasteiger partial charge in [0.05, 0.1) is 24.8 Å². The number of nitrogens with zero attached hydrogens (tertiary/aromatic N) is 1. The van der Waals surface area contributed by atoms with E-state index < -0.39 is 36.7 Å². The number of alkyl halides is 2. The van der Waals surface area contributed by atoms with Crippen molar-refractivity contribution >= 4 is 45.8 Å². The maximum atomic E-state index is 13.1. The Labute approximate surface area is 147 Å². The summed E-state index contributed by atoms with van der Waals surface area (Å²) in [4.78, 5) is 25.1. The van der Waals surface area contributed by atoms with Gasteiger partial charge in [0.25, 0.3) is 5.92 Å². The van der Waals surface area contributed by atoms with E-state index >= 15 is 0 Å². The number of carbonyl (C=O) groups excluding carboxylic acids is 2. The molecule has 1 saturated heterocycles. The first-order valence-corrected chi connectivity index (χ1v) is 7.48. The van der Waals surface area contributed by atoms with Crippen molar-refractivity contribution in [2.75, 3.05) is 25.5 Å². The van der Waals surface area contributed by atoms with Gasteiger partial charge in [-0.1, -0.05) is 12.1 Å². The Morgan fingerprint density at radius 2 is 2.09 bits per heavy atom. The number of benzene rings is 1. The predicted molar refractivity (Wildman–Crippen MR) is 89.0 cm³/mol. The number of hydrogen-bond donors (Lipinski definition) is 2. The van der Waals surface area contributed by atoms with E-state index in [1.807, 2.05) is 0 Å². The number of nitrogens with one attached hydrogen (secondary N) is 2. The van der Waals surface area contributed by atoms with Gasteiger partial charge in [-0.15, -0.1) is 12.4 Å². The van der Waals surface area contributed by atoms with Gasteiger partial charge in [-0.3, -0.25) is 14.9 Å². The molecule has 2 N–H and O–H groups in total. The van der Waals surface area contributed by atoms with Crippen LogP contribution in [0.3, 0.4) is 0 Å². The molecule has 5 nitrogen and oxygen atoms in total. The van der Waals surface area contributed by atoms with Crippen LogP contribution in [0.25, 0.3) is 0 Å². The molecule has 0 bridgehead atoms. The number of hydrogen-bond acceptors (Lipinski definition) is 3. The van der Waals surface area contributed by atoms with Crippen molar-refractivity contribution in [3.05, 3.63) is 28.7 Å². The maximum absolute atomic E-state index is 13.1. The Morgan fingerprint density at radius 1 is 1.43 bits per heavy atom. The molecule has 1 atom stereocenters. The largest absolute Gasteiger partial charge is 0.335 e. The fourth-order valence-electron chi connectivity index (χ4n) is 2.20. The number of carbonyl (C=O) groups is 2. The lowest BCUT2D eigenvalue weighted by molar-refractivity contribution is -0.135. The van der Waals surface area contributed by atoms with Crippen LogP contribution in [0.4, 0.5) is 14.5 Å². The third-order valence-corrected chi connectivity index (χ3v) is 4.00. The summed E-state index contributed by atoms with van der Waals surface area (Å²) in [5.41, 5.74) is 0.582. The van der Waals surface area contributed by atoms with Crippen molar-refractivity contribution in [3.63, 3.8) is 0 Å².